The Balaban J connectivity index is 2.66. The van der Waals surface area contributed by atoms with Crippen LogP contribution in [0.3, 0.4) is 0 Å². The van der Waals surface area contributed by atoms with Crippen molar-refractivity contribution >= 4 is 22.6 Å². The molecule has 86 valence electrons. The van der Waals surface area contributed by atoms with Crippen molar-refractivity contribution in [1.29, 1.82) is 0 Å². The number of benzene rings is 1. The Hall–Kier alpha value is -1.22. The highest BCUT2D eigenvalue weighted by molar-refractivity contribution is 6.34. The zero-order valence-electron chi connectivity index (χ0n) is 9.67. The molecule has 0 saturated heterocycles. The standard InChI is InChI=1S/C12H15ClN2O/c1-12(2,3)7-15-9-6-4-5-8(13)10(9)14-11(15)16/h4-6H,7H2,1-3H3,(H,14,16). The lowest BCUT2D eigenvalue weighted by Gasteiger charge is -2.18. The average Bonchev–Trinajstić information content (AvgIpc) is 2.44. The molecule has 0 amide bonds. The van der Waals surface area contributed by atoms with Gasteiger partial charge in [0.15, 0.2) is 0 Å². The minimum atomic E-state index is -0.0991. The molecule has 0 fully saturated rings. The summed E-state index contributed by atoms with van der Waals surface area (Å²) in [5.41, 5.74) is 1.55. The number of nitrogens with one attached hydrogen (secondary N) is 1. The van der Waals surface area contributed by atoms with Crippen LogP contribution in [-0.4, -0.2) is 9.55 Å². The highest BCUT2D eigenvalue weighted by Gasteiger charge is 2.16. The number of hydrogen-bond acceptors (Lipinski definition) is 1. The lowest BCUT2D eigenvalue weighted by Crippen LogP contribution is -2.24. The number of fused-ring (bicyclic) bond motifs is 1. The fourth-order valence-electron chi connectivity index (χ4n) is 1.78. The van der Waals surface area contributed by atoms with Crippen molar-refractivity contribution in [3.05, 3.63) is 33.7 Å². The first-order valence-electron chi connectivity index (χ1n) is 5.25. The van der Waals surface area contributed by atoms with Gasteiger partial charge in [0, 0.05) is 6.54 Å². The number of nitrogens with zero attached hydrogens (tertiary/aromatic N) is 1. The molecule has 0 atom stereocenters. The minimum Gasteiger partial charge on any atom is -0.304 e. The second kappa shape index (κ2) is 3.67. The van der Waals surface area contributed by atoms with E-state index in [0.717, 1.165) is 11.0 Å². The third kappa shape index (κ3) is 2.00. The normalized spacial score (nSPS) is 12.2. The number of aromatic amines is 1. The van der Waals surface area contributed by atoms with E-state index in [1.807, 2.05) is 12.1 Å². The Morgan fingerprint density at radius 2 is 2.06 bits per heavy atom. The molecule has 2 aromatic rings. The van der Waals surface area contributed by atoms with Crippen LogP contribution in [0.15, 0.2) is 23.0 Å². The van der Waals surface area contributed by atoms with Gasteiger partial charge in [-0.2, -0.15) is 0 Å². The molecule has 0 aliphatic heterocycles. The smallest absolute Gasteiger partial charge is 0.304 e. The van der Waals surface area contributed by atoms with Gasteiger partial charge in [0.05, 0.1) is 16.1 Å². The van der Waals surface area contributed by atoms with Gasteiger partial charge in [0.2, 0.25) is 0 Å². The second-order valence-electron chi connectivity index (χ2n) is 5.21. The van der Waals surface area contributed by atoms with Crippen LogP contribution in [0.25, 0.3) is 11.0 Å². The number of aromatic nitrogens is 2. The van der Waals surface area contributed by atoms with Crippen molar-refractivity contribution in [3.63, 3.8) is 0 Å². The summed E-state index contributed by atoms with van der Waals surface area (Å²) in [7, 11) is 0. The van der Waals surface area contributed by atoms with Gasteiger partial charge in [0.25, 0.3) is 0 Å². The molecular weight excluding hydrogens is 224 g/mol. The van der Waals surface area contributed by atoms with E-state index < -0.39 is 0 Å². The summed E-state index contributed by atoms with van der Waals surface area (Å²) in [5.74, 6) is 0. The predicted molar refractivity (Wildman–Crippen MR) is 67.0 cm³/mol. The van der Waals surface area contributed by atoms with Crippen LogP contribution >= 0.6 is 11.6 Å². The molecule has 1 aromatic carbocycles. The largest absolute Gasteiger partial charge is 0.326 e. The molecule has 0 aliphatic carbocycles. The van der Waals surface area contributed by atoms with Crippen LogP contribution in [0.1, 0.15) is 20.8 Å². The molecule has 0 radical (unpaired) electrons. The van der Waals surface area contributed by atoms with Gasteiger partial charge in [-0.15, -0.1) is 0 Å². The summed E-state index contributed by atoms with van der Waals surface area (Å²) < 4.78 is 1.74. The summed E-state index contributed by atoms with van der Waals surface area (Å²) in [6, 6.07) is 5.54. The zero-order valence-corrected chi connectivity index (χ0v) is 10.4. The first-order chi connectivity index (χ1) is 7.38. The van der Waals surface area contributed by atoms with E-state index in [9.17, 15) is 4.79 Å². The minimum absolute atomic E-state index is 0.0568. The highest BCUT2D eigenvalue weighted by atomic mass is 35.5. The van der Waals surface area contributed by atoms with E-state index in [1.165, 1.54) is 0 Å². The van der Waals surface area contributed by atoms with Crippen molar-refractivity contribution in [2.75, 3.05) is 0 Å². The van der Waals surface area contributed by atoms with Gasteiger partial charge in [-0.3, -0.25) is 4.57 Å². The van der Waals surface area contributed by atoms with Crippen LogP contribution in [0, 0.1) is 5.41 Å². The molecule has 1 N–H and O–H groups in total. The molecule has 0 aliphatic rings. The van der Waals surface area contributed by atoms with E-state index in [2.05, 4.69) is 25.8 Å². The van der Waals surface area contributed by atoms with Crippen LogP contribution in [0.2, 0.25) is 5.02 Å². The van der Waals surface area contributed by atoms with Crippen LogP contribution in [-0.2, 0) is 6.54 Å². The number of para-hydroxylation sites is 1. The fraction of sp³-hybridized carbons (Fsp3) is 0.417. The van der Waals surface area contributed by atoms with Gasteiger partial charge < -0.3 is 4.98 Å². The van der Waals surface area contributed by atoms with Gasteiger partial charge in [-0.25, -0.2) is 4.79 Å². The van der Waals surface area contributed by atoms with Crippen molar-refractivity contribution < 1.29 is 0 Å². The summed E-state index contributed by atoms with van der Waals surface area (Å²) in [6.07, 6.45) is 0. The van der Waals surface area contributed by atoms with Crippen LogP contribution in [0.4, 0.5) is 0 Å². The molecule has 16 heavy (non-hydrogen) atoms. The first kappa shape index (κ1) is 11.3. The molecule has 0 saturated carbocycles. The Morgan fingerprint density at radius 3 is 2.69 bits per heavy atom. The summed E-state index contributed by atoms with van der Waals surface area (Å²) in [4.78, 5) is 14.6. The number of rotatable bonds is 1. The number of hydrogen-bond donors (Lipinski definition) is 1. The third-order valence-electron chi connectivity index (χ3n) is 2.39. The summed E-state index contributed by atoms with van der Waals surface area (Å²) >= 11 is 6.03. The zero-order chi connectivity index (χ0) is 11.9. The van der Waals surface area contributed by atoms with E-state index in [1.54, 1.807) is 10.6 Å². The summed E-state index contributed by atoms with van der Waals surface area (Å²) in [6.45, 7) is 6.97. The number of imidazole rings is 1. The Kier molecular flexibility index (Phi) is 2.58. The van der Waals surface area contributed by atoms with Gasteiger partial charge in [-0.1, -0.05) is 38.4 Å². The maximum Gasteiger partial charge on any atom is 0.326 e. The SMILES string of the molecule is CC(C)(C)Cn1c(=O)[nH]c2c(Cl)cccc21. The van der Waals surface area contributed by atoms with Crippen molar-refractivity contribution in [3.8, 4) is 0 Å². The van der Waals surface area contributed by atoms with Gasteiger partial charge in [0.1, 0.15) is 0 Å². The molecule has 4 heteroatoms. The van der Waals surface area contributed by atoms with Crippen LogP contribution < -0.4 is 5.69 Å². The molecular formula is C12H15ClN2O. The van der Waals surface area contributed by atoms with E-state index in [4.69, 9.17) is 11.6 Å². The average molecular weight is 239 g/mol. The van der Waals surface area contributed by atoms with E-state index in [-0.39, 0.29) is 11.1 Å². The lowest BCUT2D eigenvalue weighted by molar-refractivity contribution is 0.344. The Bertz CT molecular complexity index is 575. The molecule has 0 bridgehead atoms. The summed E-state index contributed by atoms with van der Waals surface area (Å²) in [5, 5.41) is 0.585. The maximum atomic E-state index is 11.8. The van der Waals surface area contributed by atoms with Crippen LogP contribution in [0.5, 0.6) is 0 Å². The number of halogens is 1. The second-order valence-corrected chi connectivity index (χ2v) is 5.62. The first-order valence-corrected chi connectivity index (χ1v) is 5.63. The van der Waals surface area contributed by atoms with Gasteiger partial charge >= 0.3 is 5.69 Å². The molecule has 1 heterocycles. The fourth-order valence-corrected chi connectivity index (χ4v) is 1.99. The Morgan fingerprint density at radius 1 is 1.38 bits per heavy atom. The quantitative estimate of drug-likeness (QED) is 0.815. The highest BCUT2D eigenvalue weighted by Crippen LogP contribution is 2.23. The predicted octanol–water partition coefficient (Wildman–Crippen LogP) is 3.03. The number of H-pyrrole nitrogens is 1. The van der Waals surface area contributed by atoms with Crippen molar-refractivity contribution in [2.45, 2.75) is 27.3 Å². The maximum absolute atomic E-state index is 11.8. The topological polar surface area (TPSA) is 37.8 Å². The molecule has 1 aromatic heterocycles. The van der Waals surface area contributed by atoms with E-state index in [0.29, 0.717) is 11.6 Å². The Labute approximate surface area is 99.0 Å². The van der Waals surface area contributed by atoms with E-state index >= 15 is 0 Å². The lowest BCUT2D eigenvalue weighted by atomic mass is 9.97. The van der Waals surface area contributed by atoms with Crippen molar-refractivity contribution in [2.24, 2.45) is 5.41 Å². The monoisotopic (exact) mass is 238 g/mol. The third-order valence-corrected chi connectivity index (χ3v) is 2.71. The molecule has 0 spiro atoms. The van der Waals surface area contributed by atoms with Gasteiger partial charge in [-0.05, 0) is 17.5 Å². The van der Waals surface area contributed by atoms with Crippen molar-refractivity contribution in [1.82, 2.24) is 9.55 Å². The molecule has 2 rings (SSSR count). The molecule has 0 unspecified atom stereocenters. The molecule has 3 nitrogen and oxygen atoms in total.